The van der Waals surface area contributed by atoms with E-state index in [0.29, 0.717) is 30.9 Å². The molecule has 6 nitrogen and oxygen atoms in total. The number of benzene rings is 2. The maximum Gasteiger partial charge on any atom is 0.263 e. The van der Waals surface area contributed by atoms with Gasteiger partial charge in [0.2, 0.25) is 5.91 Å². The van der Waals surface area contributed by atoms with Crippen molar-refractivity contribution in [2.75, 3.05) is 13.1 Å². The van der Waals surface area contributed by atoms with Crippen molar-refractivity contribution in [3.8, 4) is 0 Å². The first kappa shape index (κ1) is 21.5. The minimum atomic E-state index is -3.48. The molecule has 1 aromatic heterocycles. The van der Waals surface area contributed by atoms with Gasteiger partial charge in [-0.15, -0.1) is 11.3 Å². The largest absolute Gasteiger partial charge is 0.356 e. The third-order valence-electron chi connectivity index (χ3n) is 5.27. The van der Waals surface area contributed by atoms with E-state index in [1.54, 1.807) is 35.6 Å². The molecule has 4 rings (SSSR count). The molecule has 2 N–H and O–H groups in total. The second kappa shape index (κ2) is 9.62. The van der Waals surface area contributed by atoms with Crippen LogP contribution in [0.5, 0.6) is 0 Å². The molecule has 0 bridgehead atoms. The van der Waals surface area contributed by atoms with E-state index in [4.69, 9.17) is 0 Å². The lowest BCUT2D eigenvalue weighted by Crippen LogP contribution is -2.25. The number of carbonyl (C=O) groups is 1. The predicted octanol–water partition coefficient (Wildman–Crippen LogP) is 3.86. The zero-order chi connectivity index (χ0) is 21.7. The van der Waals surface area contributed by atoms with Crippen molar-refractivity contribution in [2.45, 2.75) is 37.0 Å². The van der Waals surface area contributed by atoms with Crippen molar-refractivity contribution in [1.82, 2.24) is 10.0 Å². The monoisotopic (exact) mass is 455 g/mol. The minimum absolute atomic E-state index is 0.0725. The van der Waals surface area contributed by atoms with Gasteiger partial charge in [-0.3, -0.25) is 14.5 Å². The average molecular weight is 456 g/mol. The predicted molar refractivity (Wildman–Crippen MR) is 125 cm³/mol. The molecule has 0 saturated carbocycles. The molecule has 2 heterocycles. The molecule has 1 aliphatic heterocycles. The molecule has 2 aromatic carbocycles. The molecule has 0 fully saturated rings. The van der Waals surface area contributed by atoms with Crippen LogP contribution in [-0.4, -0.2) is 33.3 Å². The molecule has 3 aromatic rings. The molecular formula is C23H25N3O3S2. The summed E-state index contributed by atoms with van der Waals surface area (Å²) in [5.41, 5.74) is 1.91. The fraction of sp³-hybridized carbons (Fsp3) is 0.304. The highest BCUT2D eigenvalue weighted by Crippen LogP contribution is 2.25. The van der Waals surface area contributed by atoms with Crippen LogP contribution in [0.15, 0.2) is 63.8 Å². The quantitative estimate of drug-likeness (QED) is 0.480. The van der Waals surface area contributed by atoms with Crippen LogP contribution in [0.4, 0.5) is 0 Å². The fourth-order valence-corrected chi connectivity index (χ4v) is 5.92. The fourth-order valence-electron chi connectivity index (χ4n) is 3.67. The standard InChI is InChI=1S/C23H25N3O3S2/c27-22(24-15-13-17-16-30-20-10-5-3-8-18(17)20)12-2-1-7-14-25-23-19-9-4-6-11-21(19)31(28,29)26-23/h3-6,8-11,16H,1-2,7,12-15H2,(H,24,27)(H,25,26). The third kappa shape index (κ3) is 5.14. The topological polar surface area (TPSA) is 87.6 Å². The number of amides is 1. The van der Waals surface area contributed by atoms with Crippen LogP contribution in [0, 0.1) is 0 Å². The highest BCUT2D eigenvalue weighted by atomic mass is 32.2. The first-order valence-electron chi connectivity index (χ1n) is 10.4. The van der Waals surface area contributed by atoms with Crippen LogP contribution >= 0.6 is 11.3 Å². The van der Waals surface area contributed by atoms with Gasteiger partial charge in [-0.1, -0.05) is 36.8 Å². The van der Waals surface area contributed by atoms with E-state index in [2.05, 4.69) is 32.5 Å². The summed E-state index contributed by atoms with van der Waals surface area (Å²) in [6.45, 7) is 1.17. The van der Waals surface area contributed by atoms with Crippen molar-refractivity contribution >= 4 is 43.2 Å². The summed E-state index contributed by atoms with van der Waals surface area (Å²) in [6.07, 6.45) is 3.80. The summed E-state index contributed by atoms with van der Waals surface area (Å²) in [7, 11) is -3.48. The van der Waals surface area contributed by atoms with Crippen molar-refractivity contribution in [3.05, 3.63) is 65.0 Å². The lowest BCUT2D eigenvalue weighted by molar-refractivity contribution is -0.121. The molecule has 31 heavy (non-hydrogen) atoms. The van der Waals surface area contributed by atoms with Gasteiger partial charge in [0.15, 0.2) is 0 Å². The Bertz CT molecular complexity index is 1220. The van der Waals surface area contributed by atoms with E-state index in [9.17, 15) is 13.2 Å². The Morgan fingerprint density at radius 1 is 1.03 bits per heavy atom. The second-order valence-electron chi connectivity index (χ2n) is 7.50. The molecule has 1 aliphatic rings. The third-order valence-corrected chi connectivity index (χ3v) is 7.68. The Balaban J connectivity index is 1.14. The average Bonchev–Trinajstić information content (AvgIpc) is 3.29. The molecule has 0 spiro atoms. The van der Waals surface area contributed by atoms with Crippen LogP contribution < -0.4 is 10.0 Å². The number of hydrogen-bond donors (Lipinski definition) is 2. The SMILES string of the molecule is O=C(CCCCCN=C1NS(=O)(=O)c2ccccc21)NCCc1csc2ccccc12. The van der Waals surface area contributed by atoms with Gasteiger partial charge in [0.25, 0.3) is 10.0 Å². The number of unbranched alkanes of at least 4 members (excludes halogenated alkanes) is 2. The number of rotatable bonds is 9. The Morgan fingerprint density at radius 3 is 2.74 bits per heavy atom. The van der Waals surface area contributed by atoms with Crippen LogP contribution in [0.1, 0.15) is 36.8 Å². The van der Waals surface area contributed by atoms with E-state index in [1.807, 2.05) is 12.1 Å². The number of sulfonamides is 1. The molecule has 0 atom stereocenters. The number of thiophene rings is 1. The first-order chi connectivity index (χ1) is 15.0. The van der Waals surface area contributed by atoms with Crippen molar-refractivity contribution in [1.29, 1.82) is 0 Å². The van der Waals surface area contributed by atoms with Gasteiger partial charge in [-0.25, -0.2) is 8.42 Å². The van der Waals surface area contributed by atoms with Gasteiger partial charge < -0.3 is 5.32 Å². The number of carbonyl (C=O) groups excluding carboxylic acids is 1. The molecule has 0 aliphatic carbocycles. The van der Waals surface area contributed by atoms with E-state index in [0.717, 1.165) is 25.7 Å². The highest BCUT2D eigenvalue weighted by molar-refractivity contribution is 7.90. The molecule has 0 saturated heterocycles. The summed E-state index contributed by atoms with van der Waals surface area (Å²) in [5, 5.41) is 6.44. The van der Waals surface area contributed by atoms with E-state index >= 15 is 0 Å². The molecule has 1 amide bonds. The van der Waals surface area contributed by atoms with Crippen LogP contribution in [0.3, 0.4) is 0 Å². The number of nitrogens with zero attached hydrogens (tertiary/aromatic N) is 1. The molecule has 162 valence electrons. The van der Waals surface area contributed by atoms with Gasteiger partial charge in [0, 0.05) is 29.8 Å². The lowest BCUT2D eigenvalue weighted by atomic mass is 10.1. The van der Waals surface area contributed by atoms with E-state index in [1.165, 1.54) is 15.6 Å². The smallest absolute Gasteiger partial charge is 0.263 e. The Kier molecular flexibility index (Phi) is 6.67. The van der Waals surface area contributed by atoms with E-state index < -0.39 is 10.0 Å². The van der Waals surface area contributed by atoms with Gasteiger partial charge in [-0.2, -0.15) is 0 Å². The summed E-state index contributed by atoms with van der Waals surface area (Å²) >= 11 is 1.74. The maximum atomic E-state index is 12.1. The zero-order valence-electron chi connectivity index (χ0n) is 17.1. The number of nitrogens with one attached hydrogen (secondary N) is 2. The Morgan fingerprint density at radius 2 is 1.84 bits per heavy atom. The summed E-state index contributed by atoms with van der Waals surface area (Å²) in [5.74, 6) is 0.484. The van der Waals surface area contributed by atoms with Crippen molar-refractivity contribution in [2.24, 2.45) is 4.99 Å². The maximum absolute atomic E-state index is 12.1. The van der Waals surface area contributed by atoms with Gasteiger partial charge in [-0.05, 0) is 53.8 Å². The summed E-state index contributed by atoms with van der Waals surface area (Å²) in [4.78, 5) is 16.8. The van der Waals surface area contributed by atoms with Crippen LogP contribution in [0.2, 0.25) is 0 Å². The zero-order valence-corrected chi connectivity index (χ0v) is 18.8. The Labute approximate surface area is 186 Å². The van der Waals surface area contributed by atoms with Crippen molar-refractivity contribution in [3.63, 3.8) is 0 Å². The molecule has 0 radical (unpaired) electrons. The highest BCUT2D eigenvalue weighted by Gasteiger charge is 2.29. The summed E-state index contributed by atoms with van der Waals surface area (Å²) in [6, 6.07) is 15.2. The molecular weight excluding hydrogens is 430 g/mol. The van der Waals surface area contributed by atoms with Crippen molar-refractivity contribution < 1.29 is 13.2 Å². The second-order valence-corrected chi connectivity index (χ2v) is 10.1. The number of fused-ring (bicyclic) bond motifs is 2. The lowest BCUT2D eigenvalue weighted by Gasteiger charge is -2.05. The summed E-state index contributed by atoms with van der Waals surface area (Å²) < 4.78 is 27.9. The van der Waals surface area contributed by atoms with Crippen LogP contribution in [0.25, 0.3) is 10.1 Å². The first-order valence-corrected chi connectivity index (χ1v) is 12.8. The van der Waals surface area contributed by atoms with Crippen LogP contribution in [-0.2, 0) is 21.2 Å². The van der Waals surface area contributed by atoms with Gasteiger partial charge in [0.05, 0.1) is 4.90 Å². The normalized spacial score (nSPS) is 15.7. The number of hydrogen-bond acceptors (Lipinski definition) is 5. The van der Waals surface area contributed by atoms with Gasteiger partial charge >= 0.3 is 0 Å². The molecule has 0 unspecified atom stereocenters. The number of amidine groups is 1. The minimum Gasteiger partial charge on any atom is -0.356 e. The Hall–Kier alpha value is -2.71. The molecule has 8 heteroatoms. The van der Waals surface area contributed by atoms with E-state index in [-0.39, 0.29) is 10.8 Å². The van der Waals surface area contributed by atoms with Gasteiger partial charge in [0.1, 0.15) is 5.84 Å². The number of aliphatic imine (C=N–C) groups is 1.